The summed E-state index contributed by atoms with van der Waals surface area (Å²) in [5, 5.41) is 19.4. The number of fused-ring (bicyclic) bond motifs is 1. The van der Waals surface area contributed by atoms with Gasteiger partial charge in [-0.2, -0.15) is 9.78 Å². The second kappa shape index (κ2) is 8.90. The molecule has 0 fully saturated rings. The highest BCUT2D eigenvalue weighted by molar-refractivity contribution is 5.99. The average Bonchev–Trinajstić information content (AvgIpc) is 3.58. The Morgan fingerprint density at radius 2 is 2.03 bits per heavy atom. The van der Waals surface area contributed by atoms with E-state index < -0.39 is 5.91 Å². The lowest BCUT2D eigenvalue weighted by molar-refractivity contribution is 0.0950. The molecule has 1 amide bonds. The maximum Gasteiger partial charge on any atom is 0.294 e. The molecule has 34 heavy (non-hydrogen) atoms. The van der Waals surface area contributed by atoms with Crippen LogP contribution in [0.3, 0.4) is 0 Å². The molecule has 1 aliphatic heterocycles. The van der Waals surface area contributed by atoms with Crippen molar-refractivity contribution in [2.75, 3.05) is 19.1 Å². The fraction of sp³-hybridized carbons (Fsp3) is 0.143. The van der Waals surface area contributed by atoms with Gasteiger partial charge in [0.05, 0.1) is 12.8 Å². The average molecular weight is 462 g/mol. The quantitative estimate of drug-likeness (QED) is 0.305. The first-order chi connectivity index (χ1) is 16.6. The van der Waals surface area contributed by atoms with Crippen LogP contribution >= 0.6 is 0 Å². The normalized spacial score (nSPS) is 12.3. The largest absolute Gasteiger partial charge is 0.494 e. The number of nitrogens with two attached hydrogens (primary N) is 1. The predicted octanol–water partition coefficient (Wildman–Crippen LogP) is 1.79. The Morgan fingerprint density at radius 3 is 2.79 bits per heavy atom. The highest BCUT2D eigenvalue weighted by Crippen LogP contribution is 2.37. The Kier molecular flexibility index (Phi) is 5.48. The number of hydrazone groups is 1. The molecule has 0 spiro atoms. The molecule has 0 bridgehead atoms. The van der Waals surface area contributed by atoms with Crippen molar-refractivity contribution in [3.05, 3.63) is 53.7 Å². The van der Waals surface area contributed by atoms with E-state index in [1.165, 1.54) is 10.9 Å². The summed E-state index contributed by atoms with van der Waals surface area (Å²) < 4.78 is 22.2. The number of amides is 1. The van der Waals surface area contributed by atoms with E-state index in [1.54, 1.807) is 18.2 Å². The van der Waals surface area contributed by atoms with Crippen LogP contribution < -0.4 is 25.4 Å². The van der Waals surface area contributed by atoms with Gasteiger partial charge in [0, 0.05) is 5.56 Å². The number of hydrogen-bond acceptors (Lipinski definition) is 11. The van der Waals surface area contributed by atoms with E-state index in [0.717, 1.165) is 11.3 Å². The molecule has 3 N–H and O–H groups in total. The van der Waals surface area contributed by atoms with Gasteiger partial charge in [0.15, 0.2) is 17.2 Å². The fourth-order valence-corrected chi connectivity index (χ4v) is 3.26. The zero-order valence-electron chi connectivity index (χ0n) is 17.8. The van der Waals surface area contributed by atoms with Crippen molar-refractivity contribution < 1.29 is 23.6 Å². The number of nitrogen functional groups attached to an aromatic ring is 1. The maximum atomic E-state index is 13.0. The Morgan fingerprint density at radius 1 is 1.21 bits per heavy atom. The first-order valence-electron chi connectivity index (χ1n) is 10.1. The molecule has 0 aliphatic carbocycles. The van der Waals surface area contributed by atoms with Crippen molar-refractivity contribution >= 4 is 17.9 Å². The smallest absolute Gasteiger partial charge is 0.294 e. The first-order valence-corrected chi connectivity index (χ1v) is 10.1. The van der Waals surface area contributed by atoms with Gasteiger partial charge in [-0.25, -0.2) is 10.1 Å². The van der Waals surface area contributed by atoms with Crippen LogP contribution in [0.15, 0.2) is 52.2 Å². The first kappa shape index (κ1) is 20.9. The third kappa shape index (κ3) is 3.97. The van der Waals surface area contributed by atoms with Crippen LogP contribution in [-0.4, -0.2) is 50.8 Å². The molecule has 13 heteroatoms. The number of carbonyl (C=O) groups is 1. The molecule has 0 radical (unpaired) electrons. The topological polar surface area (TPSA) is 165 Å². The van der Waals surface area contributed by atoms with Gasteiger partial charge in [0.25, 0.3) is 5.91 Å². The minimum Gasteiger partial charge on any atom is -0.494 e. The molecular weight excluding hydrogens is 444 g/mol. The summed E-state index contributed by atoms with van der Waals surface area (Å²) in [5.74, 6) is 1.30. The number of benzene rings is 2. The van der Waals surface area contributed by atoms with Gasteiger partial charge in [0.1, 0.15) is 11.4 Å². The van der Waals surface area contributed by atoms with Crippen molar-refractivity contribution in [3.8, 4) is 34.3 Å². The van der Waals surface area contributed by atoms with Crippen molar-refractivity contribution in [2.45, 2.75) is 6.92 Å². The molecule has 13 nitrogen and oxygen atoms in total. The van der Waals surface area contributed by atoms with E-state index in [1.807, 2.05) is 31.2 Å². The number of nitrogens with one attached hydrogen (secondary N) is 1. The molecule has 0 atom stereocenters. The van der Waals surface area contributed by atoms with Crippen molar-refractivity contribution in [3.63, 3.8) is 0 Å². The number of anilines is 1. The molecule has 2 aromatic carbocycles. The van der Waals surface area contributed by atoms with Gasteiger partial charge in [-0.1, -0.05) is 5.21 Å². The van der Waals surface area contributed by atoms with Crippen LogP contribution in [-0.2, 0) is 0 Å². The van der Waals surface area contributed by atoms with Crippen LogP contribution in [0.25, 0.3) is 17.1 Å². The summed E-state index contributed by atoms with van der Waals surface area (Å²) in [6.45, 7) is 2.59. The Labute approximate surface area is 192 Å². The lowest BCUT2D eigenvalue weighted by atomic mass is 10.1. The van der Waals surface area contributed by atoms with Gasteiger partial charge in [-0.05, 0) is 65.3 Å². The van der Waals surface area contributed by atoms with E-state index in [2.05, 4.69) is 35.8 Å². The standard InChI is InChI=1S/C21H18N8O5/c1-2-31-14-6-3-12(4-7-14)10-23-25-21(30)17-18(13-5-8-15-16(9-13)33-11-32-15)29(28-24-17)20-19(22)26-34-27-20/h3-10H,2,11H2,1H3,(H2,22,26)(H,25,30). The number of rotatable bonds is 7. The number of nitrogens with zero attached hydrogens (tertiary/aromatic N) is 6. The zero-order chi connectivity index (χ0) is 23.5. The molecule has 0 saturated heterocycles. The van der Waals surface area contributed by atoms with Crippen LogP contribution in [0, 0.1) is 0 Å². The van der Waals surface area contributed by atoms with Gasteiger partial charge < -0.3 is 19.9 Å². The summed E-state index contributed by atoms with van der Waals surface area (Å²) in [7, 11) is 0. The summed E-state index contributed by atoms with van der Waals surface area (Å²) in [6.07, 6.45) is 1.50. The molecule has 5 rings (SSSR count). The summed E-state index contributed by atoms with van der Waals surface area (Å²) >= 11 is 0. The summed E-state index contributed by atoms with van der Waals surface area (Å²) in [4.78, 5) is 13.0. The van der Waals surface area contributed by atoms with Crippen LogP contribution in [0.2, 0.25) is 0 Å². The minimum absolute atomic E-state index is 0.0210. The van der Waals surface area contributed by atoms with E-state index in [9.17, 15) is 4.79 Å². The summed E-state index contributed by atoms with van der Waals surface area (Å²) in [5.41, 5.74) is 9.88. The molecule has 0 saturated carbocycles. The molecule has 0 unspecified atom stereocenters. The molecule has 1 aliphatic rings. The highest BCUT2D eigenvalue weighted by atomic mass is 16.7. The van der Waals surface area contributed by atoms with Crippen LogP contribution in [0.1, 0.15) is 23.0 Å². The predicted molar refractivity (Wildman–Crippen MR) is 118 cm³/mol. The van der Waals surface area contributed by atoms with E-state index in [-0.39, 0.29) is 29.8 Å². The highest BCUT2D eigenvalue weighted by Gasteiger charge is 2.26. The molecule has 2 aromatic heterocycles. The Balaban J connectivity index is 1.44. The number of carbonyl (C=O) groups excluding carboxylic acids is 1. The van der Waals surface area contributed by atoms with Crippen LogP contribution in [0.4, 0.5) is 5.82 Å². The molecular formula is C21H18N8O5. The Bertz CT molecular complexity index is 1360. The van der Waals surface area contributed by atoms with Gasteiger partial charge in [-0.15, -0.1) is 5.10 Å². The van der Waals surface area contributed by atoms with Crippen molar-refractivity contribution in [2.24, 2.45) is 5.10 Å². The van der Waals surface area contributed by atoms with Gasteiger partial charge >= 0.3 is 0 Å². The second-order valence-corrected chi connectivity index (χ2v) is 6.94. The van der Waals surface area contributed by atoms with E-state index in [4.69, 9.17) is 19.9 Å². The number of hydrogen-bond donors (Lipinski definition) is 2. The molecule has 3 heterocycles. The fourth-order valence-electron chi connectivity index (χ4n) is 3.26. The third-order valence-electron chi connectivity index (χ3n) is 4.80. The van der Waals surface area contributed by atoms with Crippen LogP contribution in [0.5, 0.6) is 17.2 Å². The maximum absolute atomic E-state index is 13.0. The van der Waals surface area contributed by atoms with Crippen molar-refractivity contribution in [1.29, 1.82) is 0 Å². The Hall–Kier alpha value is -4.94. The van der Waals surface area contributed by atoms with Gasteiger partial charge in [-0.3, -0.25) is 4.79 Å². The number of aromatic nitrogens is 5. The summed E-state index contributed by atoms with van der Waals surface area (Å²) in [6, 6.07) is 12.4. The van der Waals surface area contributed by atoms with E-state index >= 15 is 0 Å². The van der Waals surface area contributed by atoms with Gasteiger partial charge in [0.2, 0.25) is 18.4 Å². The molecule has 4 aromatic rings. The lowest BCUT2D eigenvalue weighted by Gasteiger charge is -2.07. The third-order valence-corrected chi connectivity index (χ3v) is 4.80. The lowest BCUT2D eigenvalue weighted by Crippen LogP contribution is -2.19. The number of ether oxygens (including phenoxy) is 3. The van der Waals surface area contributed by atoms with E-state index in [0.29, 0.717) is 23.7 Å². The zero-order valence-corrected chi connectivity index (χ0v) is 17.8. The SMILES string of the molecule is CCOc1ccc(C=NNC(=O)c2nnn(-c3nonc3N)c2-c2ccc3c(c2)OCO3)cc1. The minimum atomic E-state index is -0.601. The monoisotopic (exact) mass is 462 g/mol. The second-order valence-electron chi connectivity index (χ2n) is 6.94. The van der Waals surface area contributed by atoms with Crippen molar-refractivity contribution in [1.82, 2.24) is 30.7 Å². The molecule has 172 valence electrons.